The lowest BCUT2D eigenvalue weighted by Crippen LogP contribution is -2.25. The van der Waals surface area contributed by atoms with E-state index in [4.69, 9.17) is 4.74 Å². The first-order valence-electron chi connectivity index (χ1n) is 8.25. The molecule has 1 saturated carbocycles. The predicted octanol–water partition coefficient (Wildman–Crippen LogP) is 2.17. The highest BCUT2D eigenvalue weighted by Crippen LogP contribution is 2.39. The number of rotatable bonds is 6. The molecule has 3 aromatic rings. The third-order valence-electron chi connectivity index (χ3n) is 4.35. The Balaban J connectivity index is 1.57. The van der Waals surface area contributed by atoms with E-state index < -0.39 is 10.0 Å². The van der Waals surface area contributed by atoms with E-state index >= 15 is 0 Å². The molecule has 0 atom stereocenters. The number of nitrogens with zero attached hydrogens (tertiary/aromatic N) is 4. The van der Waals surface area contributed by atoms with Crippen molar-refractivity contribution in [2.24, 2.45) is 0 Å². The Morgan fingerprint density at radius 1 is 1.27 bits per heavy atom. The van der Waals surface area contributed by atoms with Crippen LogP contribution in [0.5, 0.6) is 5.75 Å². The number of methoxy groups -OCH3 is 1. The highest BCUT2D eigenvalue weighted by atomic mass is 32.2. The molecule has 1 aliphatic rings. The van der Waals surface area contributed by atoms with Crippen LogP contribution in [0.4, 0.5) is 0 Å². The summed E-state index contributed by atoms with van der Waals surface area (Å²) >= 11 is 1.34. The van der Waals surface area contributed by atoms with E-state index in [1.165, 1.54) is 11.3 Å². The van der Waals surface area contributed by atoms with Crippen LogP contribution in [0, 0.1) is 13.8 Å². The summed E-state index contributed by atoms with van der Waals surface area (Å²) in [6, 6.07) is 3.43. The Morgan fingerprint density at radius 3 is 2.58 bits per heavy atom. The lowest BCUT2D eigenvalue weighted by Gasteiger charge is -2.13. The molecule has 8 nitrogen and oxygen atoms in total. The number of hydrogen-bond donors (Lipinski definition) is 1. The lowest BCUT2D eigenvalue weighted by molar-refractivity contribution is 0.413. The average Bonchev–Trinajstić information content (AvgIpc) is 3.21. The minimum atomic E-state index is -3.66. The Labute approximate surface area is 155 Å². The minimum Gasteiger partial charge on any atom is -0.497 e. The Hall–Kier alpha value is -2.04. The third-order valence-corrected chi connectivity index (χ3v) is 6.96. The van der Waals surface area contributed by atoms with Gasteiger partial charge in [0.25, 0.3) is 0 Å². The van der Waals surface area contributed by atoms with Gasteiger partial charge in [-0.05, 0) is 49.9 Å². The fourth-order valence-electron chi connectivity index (χ4n) is 3.02. The largest absolute Gasteiger partial charge is 0.497 e. The monoisotopic (exact) mass is 393 g/mol. The second kappa shape index (κ2) is 6.29. The van der Waals surface area contributed by atoms with Crippen molar-refractivity contribution in [3.8, 4) is 5.75 Å². The fraction of sp³-hybridized carbons (Fsp3) is 0.438. The first-order chi connectivity index (χ1) is 12.4. The predicted molar refractivity (Wildman–Crippen MR) is 97.1 cm³/mol. The molecule has 1 fully saturated rings. The molecule has 0 unspecified atom stereocenters. The van der Waals surface area contributed by atoms with Crippen molar-refractivity contribution in [1.82, 2.24) is 24.5 Å². The lowest BCUT2D eigenvalue weighted by atomic mass is 10.1. The molecule has 26 heavy (non-hydrogen) atoms. The maximum absolute atomic E-state index is 12.8. The molecular formula is C16H19N5O3S2. The molecule has 0 spiro atoms. The van der Waals surface area contributed by atoms with Crippen LogP contribution in [-0.4, -0.2) is 35.3 Å². The quantitative estimate of drug-likeness (QED) is 0.689. The summed E-state index contributed by atoms with van der Waals surface area (Å²) in [7, 11) is -2.10. The first kappa shape index (κ1) is 17.4. The number of hydrogen-bond acceptors (Lipinski definition) is 7. The number of fused-ring (bicyclic) bond motifs is 1. The van der Waals surface area contributed by atoms with E-state index in [0.29, 0.717) is 32.8 Å². The molecule has 138 valence electrons. The fourth-order valence-corrected chi connectivity index (χ4v) is 5.33. The van der Waals surface area contributed by atoms with Crippen LogP contribution in [0.1, 0.15) is 40.7 Å². The van der Waals surface area contributed by atoms with Gasteiger partial charge in [0.15, 0.2) is 5.82 Å². The zero-order valence-corrected chi connectivity index (χ0v) is 16.3. The third kappa shape index (κ3) is 3.08. The molecular weight excluding hydrogens is 374 g/mol. The molecule has 2 aromatic heterocycles. The van der Waals surface area contributed by atoms with Crippen LogP contribution in [0.2, 0.25) is 0 Å². The second-order valence-electron chi connectivity index (χ2n) is 6.44. The smallest absolute Gasteiger partial charge is 0.241 e. The number of aromatic nitrogens is 4. The van der Waals surface area contributed by atoms with Crippen LogP contribution in [0.3, 0.4) is 0 Å². The normalized spacial score (nSPS) is 14.9. The number of benzene rings is 1. The van der Waals surface area contributed by atoms with Crippen LogP contribution in [0.15, 0.2) is 17.0 Å². The van der Waals surface area contributed by atoms with E-state index in [1.54, 1.807) is 37.6 Å². The zero-order valence-electron chi connectivity index (χ0n) is 14.7. The summed E-state index contributed by atoms with van der Waals surface area (Å²) in [6.07, 6.45) is 2.21. The Morgan fingerprint density at radius 2 is 1.96 bits per heavy atom. The van der Waals surface area contributed by atoms with Gasteiger partial charge in [-0.25, -0.2) is 13.1 Å². The summed E-state index contributed by atoms with van der Waals surface area (Å²) in [5, 5.41) is 13.4. The zero-order chi connectivity index (χ0) is 18.5. The molecule has 0 radical (unpaired) electrons. The van der Waals surface area contributed by atoms with Gasteiger partial charge in [0.2, 0.25) is 15.0 Å². The van der Waals surface area contributed by atoms with Crippen molar-refractivity contribution in [2.45, 2.75) is 44.0 Å². The molecule has 1 aliphatic carbocycles. The van der Waals surface area contributed by atoms with Gasteiger partial charge in [-0.15, -0.1) is 10.2 Å². The molecule has 0 bridgehead atoms. The maximum Gasteiger partial charge on any atom is 0.241 e. The van der Waals surface area contributed by atoms with Gasteiger partial charge in [0, 0.05) is 5.92 Å². The van der Waals surface area contributed by atoms with Gasteiger partial charge >= 0.3 is 0 Å². The number of aryl methyl sites for hydroxylation is 2. The highest BCUT2D eigenvalue weighted by Gasteiger charge is 2.30. The van der Waals surface area contributed by atoms with Crippen LogP contribution < -0.4 is 9.46 Å². The van der Waals surface area contributed by atoms with Crippen LogP contribution in [-0.2, 0) is 16.6 Å². The number of nitrogens with one attached hydrogen (secondary N) is 1. The molecule has 4 rings (SSSR count). The summed E-state index contributed by atoms with van der Waals surface area (Å²) < 4.78 is 35.1. The van der Waals surface area contributed by atoms with E-state index in [9.17, 15) is 8.42 Å². The van der Waals surface area contributed by atoms with Gasteiger partial charge < -0.3 is 4.74 Å². The molecule has 2 heterocycles. The number of ether oxygens (including phenoxy) is 1. The van der Waals surface area contributed by atoms with Crippen molar-refractivity contribution in [1.29, 1.82) is 0 Å². The summed E-state index contributed by atoms with van der Waals surface area (Å²) in [4.78, 5) is 0.970. The van der Waals surface area contributed by atoms with Gasteiger partial charge in [0.05, 0.1) is 18.6 Å². The maximum atomic E-state index is 12.8. The van der Waals surface area contributed by atoms with Crippen molar-refractivity contribution in [3.05, 3.63) is 34.1 Å². The molecule has 1 N–H and O–H groups in total. The van der Waals surface area contributed by atoms with Gasteiger partial charge in [-0.3, -0.25) is 0 Å². The summed E-state index contributed by atoms with van der Waals surface area (Å²) in [5.41, 5.74) is 1.28. The molecule has 0 amide bonds. The van der Waals surface area contributed by atoms with Crippen molar-refractivity contribution in [3.63, 3.8) is 0 Å². The molecule has 1 aromatic carbocycles. The Bertz CT molecular complexity index is 1060. The van der Waals surface area contributed by atoms with Crippen LogP contribution in [0.25, 0.3) is 4.96 Å². The van der Waals surface area contributed by atoms with E-state index in [0.717, 1.165) is 18.7 Å². The van der Waals surface area contributed by atoms with Crippen molar-refractivity contribution >= 4 is 26.3 Å². The second-order valence-corrected chi connectivity index (χ2v) is 9.18. The summed E-state index contributed by atoms with van der Waals surface area (Å²) in [6.45, 7) is 3.63. The highest BCUT2D eigenvalue weighted by molar-refractivity contribution is 7.89. The summed E-state index contributed by atoms with van der Waals surface area (Å²) in [5.74, 6) is 1.94. The Kier molecular flexibility index (Phi) is 4.20. The SMILES string of the molecule is COc1cc(C)c(S(=O)(=O)NCc2nn3c(C4CC4)nnc3s2)c(C)c1. The first-order valence-corrected chi connectivity index (χ1v) is 10.5. The van der Waals surface area contributed by atoms with Crippen molar-refractivity contribution < 1.29 is 13.2 Å². The van der Waals surface area contributed by atoms with Crippen LogP contribution >= 0.6 is 11.3 Å². The topological polar surface area (TPSA) is 98.5 Å². The molecule has 0 saturated heterocycles. The standard InChI is InChI=1S/C16H19N5O3S2/c1-9-6-12(24-3)7-10(2)14(9)26(22,23)17-8-13-20-21-15(11-4-5-11)18-19-16(21)25-13/h6-7,11,17H,4-5,8H2,1-3H3. The van der Waals surface area contributed by atoms with Gasteiger partial charge in [0.1, 0.15) is 10.8 Å². The van der Waals surface area contributed by atoms with E-state index in [1.807, 2.05) is 0 Å². The van der Waals surface area contributed by atoms with Gasteiger partial charge in [-0.2, -0.15) is 9.61 Å². The average molecular weight is 393 g/mol. The van der Waals surface area contributed by atoms with Gasteiger partial charge in [-0.1, -0.05) is 11.3 Å². The molecule has 0 aliphatic heterocycles. The minimum absolute atomic E-state index is 0.116. The molecule has 10 heteroatoms. The van der Waals surface area contributed by atoms with Crippen molar-refractivity contribution in [2.75, 3.05) is 7.11 Å². The van der Waals surface area contributed by atoms with E-state index in [-0.39, 0.29) is 11.4 Å². The van der Waals surface area contributed by atoms with E-state index in [2.05, 4.69) is 20.0 Å². The number of sulfonamides is 1.